The monoisotopic (exact) mass is 300 g/mol. The molecule has 1 N–H and O–H groups in total. The fraction of sp³-hybridized carbons (Fsp3) is 0.571. The summed E-state index contributed by atoms with van der Waals surface area (Å²) in [7, 11) is -3.11. The summed E-state index contributed by atoms with van der Waals surface area (Å²) in [5.74, 6) is 0.00599. The van der Waals surface area contributed by atoms with Crippen LogP contribution in [0.5, 0.6) is 0 Å². The normalized spacial score (nSPS) is 24.8. The summed E-state index contributed by atoms with van der Waals surface area (Å²) in [6.07, 6.45) is 2.00. The summed E-state index contributed by atoms with van der Waals surface area (Å²) in [4.78, 5) is 0. The van der Waals surface area contributed by atoms with Crippen molar-refractivity contribution in [3.8, 4) is 0 Å². The Balaban J connectivity index is 1.91. The fourth-order valence-electron chi connectivity index (χ4n) is 2.59. The molecule has 1 aromatic carbocycles. The standard InChI is InChI=1S/C14H21FN2O2S/c1-11-10-17(20(2,18)19)8-7-14(11)16-9-12-5-3-4-6-13(12)15/h3-6,11,14,16H,7-10H2,1-2H3/t11-,14+/m0/s1. The predicted octanol–water partition coefficient (Wildman–Crippen LogP) is 1.59. The Bertz CT molecular complexity index is 562. The second kappa shape index (κ2) is 6.20. The summed E-state index contributed by atoms with van der Waals surface area (Å²) < 4.78 is 38.1. The Morgan fingerprint density at radius 3 is 2.70 bits per heavy atom. The van der Waals surface area contributed by atoms with Gasteiger partial charge in [0.25, 0.3) is 0 Å². The second-order valence-electron chi connectivity index (χ2n) is 5.47. The van der Waals surface area contributed by atoms with Crippen molar-refractivity contribution in [1.29, 1.82) is 0 Å². The number of hydrogen-bond acceptors (Lipinski definition) is 3. The molecule has 2 atom stereocenters. The highest BCUT2D eigenvalue weighted by molar-refractivity contribution is 7.88. The smallest absolute Gasteiger partial charge is 0.211 e. The summed E-state index contributed by atoms with van der Waals surface area (Å²) in [5.41, 5.74) is 0.644. The Morgan fingerprint density at radius 1 is 1.40 bits per heavy atom. The molecule has 2 rings (SSSR count). The first-order valence-corrected chi connectivity index (χ1v) is 8.64. The maximum atomic E-state index is 13.5. The lowest BCUT2D eigenvalue weighted by atomic mass is 9.95. The fourth-order valence-corrected chi connectivity index (χ4v) is 3.54. The molecule has 1 heterocycles. The molecule has 1 aliphatic heterocycles. The van der Waals surface area contributed by atoms with E-state index in [9.17, 15) is 12.8 Å². The lowest BCUT2D eigenvalue weighted by Gasteiger charge is -2.36. The van der Waals surface area contributed by atoms with Crippen molar-refractivity contribution in [2.45, 2.75) is 25.9 Å². The molecule has 1 saturated heterocycles. The van der Waals surface area contributed by atoms with E-state index in [0.29, 0.717) is 25.2 Å². The second-order valence-corrected chi connectivity index (χ2v) is 7.45. The molecule has 6 heteroatoms. The van der Waals surface area contributed by atoms with Crippen LogP contribution in [-0.2, 0) is 16.6 Å². The van der Waals surface area contributed by atoms with E-state index in [4.69, 9.17) is 0 Å². The summed E-state index contributed by atoms with van der Waals surface area (Å²) in [5, 5.41) is 3.34. The molecule has 0 aliphatic carbocycles. The molecule has 1 aliphatic rings. The van der Waals surface area contributed by atoms with E-state index >= 15 is 0 Å². The van der Waals surface area contributed by atoms with Crippen LogP contribution in [0.1, 0.15) is 18.9 Å². The van der Waals surface area contributed by atoms with Gasteiger partial charge in [0.05, 0.1) is 6.26 Å². The van der Waals surface area contributed by atoms with Gasteiger partial charge in [0, 0.05) is 31.2 Å². The zero-order chi connectivity index (χ0) is 14.8. The summed E-state index contributed by atoms with van der Waals surface area (Å²) >= 11 is 0. The third-order valence-electron chi connectivity index (χ3n) is 3.85. The number of halogens is 1. The lowest BCUT2D eigenvalue weighted by Crippen LogP contribution is -2.49. The van der Waals surface area contributed by atoms with Crippen molar-refractivity contribution in [2.24, 2.45) is 5.92 Å². The van der Waals surface area contributed by atoms with E-state index in [1.165, 1.54) is 16.6 Å². The number of nitrogens with zero attached hydrogens (tertiary/aromatic N) is 1. The van der Waals surface area contributed by atoms with Gasteiger partial charge in [-0.1, -0.05) is 25.1 Å². The number of nitrogens with one attached hydrogen (secondary N) is 1. The van der Waals surface area contributed by atoms with E-state index in [0.717, 1.165) is 6.42 Å². The van der Waals surface area contributed by atoms with Crippen molar-refractivity contribution in [2.75, 3.05) is 19.3 Å². The van der Waals surface area contributed by atoms with Crippen LogP contribution in [0.4, 0.5) is 4.39 Å². The average molecular weight is 300 g/mol. The highest BCUT2D eigenvalue weighted by Crippen LogP contribution is 2.19. The predicted molar refractivity (Wildman–Crippen MR) is 77.2 cm³/mol. The quantitative estimate of drug-likeness (QED) is 0.918. The van der Waals surface area contributed by atoms with Crippen LogP contribution in [0.3, 0.4) is 0 Å². The van der Waals surface area contributed by atoms with Crippen molar-refractivity contribution < 1.29 is 12.8 Å². The van der Waals surface area contributed by atoms with Crippen LogP contribution in [0.25, 0.3) is 0 Å². The molecule has 0 radical (unpaired) electrons. The molecule has 112 valence electrons. The largest absolute Gasteiger partial charge is 0.309 e. The number of hydrogen-bond donors (Lipinski definition) is 1. The van der Waals surface area contributed by atoms with Gasteiger partial charge in [-0.15, -0.1) is 0 Å². The van der Waals surface area contributed by atoms with Crippen LogP contribution in [0, 0.1) is 11.7 Å². The van der Waals surface area contributed by atoms with E-state index in [1.54, 1.807) is 12.1 Å². The van der Waals surface area contributed by atoms with Crippen LogP contribution in [-0.4, -0.2) is 38.1 Å². The first-order valence-electron chi connectivity index (χ1n) is 6.80. The van der Waals surface area contributed by atoms with E-state index in [-0.39, 0.29) is 17.8 Å². The van der Waals surface area contributed by atoms with Crippen LogP contribution < -0.4 is 5.32 Å². The first kappa shape index (κ1) is 15.4. The highest BCUT2D eigenvalue weighted by atomic mass is 32.2. The van der Waals surface area contributed by atoms with Crippen LogP contribution in [0.15, 0.2) is 24.3 Å². The number of benzene rings is 1. The topological polar surface area (TPSA) is 49.4 Å². The van der Waals surface area contributed by atoms with Gasteiger partial charge in [0.1, 0.15) is 5.82 Å². The molecule has 0 amide bonds. The van der Waals surface area contributed by atoms with Gasteiger partial charge in [-0.25, -0.2) is 17.1 Å². The van der Waals surface area contributed by atoms with Crippen molar-refractivity contribution in [3.05, 3.63) is 35.6 Å². The van der Waals surface area contributed by atoms with Gasteiger partial charge >= 0.3 is 0 Å². The van der Waals surface area contributed by atoms with Gasteiger partial charge in [-0.05, 0) is 18.4 Å². The van der Waals surface area contributed by atoms with E-state index in [2.05, 4.69) is 5.32 Å². The third kappa shape index (κ3) is 3.77. The van der Waals surface area contributed by atoms with Crippen LogP contribution >= 0.6 is 0 Å². The van der Waals surface area contributed by atoms with Crippen molar-refractivity contribution >= 4 is 10.0 Å². The van der Waals surface area contributed by atoms with Gasteiger partial charge in [-0.2, -0.15) is 0 Å². The van der Waals surface area contributed by atoms with Gasteiger partial charge in [0.15, 0.2) is 0 Å². The summed E-state index contributed by atoms with van der Waals surface area (Å²) in [6, 6.07) is 6.92. The minimum absolute atomic E-state index is 0.207. The van der Waals surface area contributed by atoms with Gasteiger partial charge in [0.2, 0.25) is 10.0 Å². The number of sulfonamides is 1. The van der Waals surface area contributed by atoms with E-state index < -0.39 is 10.0 Å². The van der Waals surface area contributed by atoms with Crippen molar-refractivity contribution in [3.63, 3.8) is 0 Å². The Morgan fingerprint density at radius 2 is 2.10 bits per heavy atom. The minimum atomic E-state index is -3.11. The SMILES string of the molecule is C[C@H]1CN(S(C)(=O)=O)CC[C@H]1NCc1ccccc1F. The molecule has 1 aromatic rings. The zero-order valence-corrected chi connectivity index (χ0v) is 12.7. The number of rotatable bonds is 4. The molecule has 0 unspecified atom stereocenters. The number of piperidine rings is 1. The van der Waals surface area contributed by atoms with Crippen LogP contribution in [0.2, 0.25) is 0 Å². The maximum absolute atomic E-state index is 13.5. The zero-order valence-electron chi connectivity index (χ0n) is 11.8. The maximum Gasteiger partial charge on any atom is 0.211 e. The minimum Gasteiger partial charge on any atom is -0.309 e. The van der Waals surface area contributed by atoms with Crippen molar-refractivity contribution in [1.82, 2.24) is 9.62 Å². The Kier molecular flexibility index (Phi) is 4.78. The molecular formula is C14H21FN2O2S. The molecule has 0 bridgehead atoms. The molecule has 4 nitrogen and oxygen atoms in total. The molecule has 0 saturated carbocycles. The molecule has 20 heavy (non-hydrogen) atoms. The van der Waals surface area contributed by atoms with Gasteiger partial charge < -0.3 is 5.32 Å². The Hall–Kier alpha value is -0.980. The molecule has 1 fully saturated rings. The third-order valence-corrected chi connectivity index (χ3v) is 5.12. The summed E-state index contributed by atoms with van der Waals surface area (Å²) in [6.45, 7) is 3.54. The average Bonchev–Trinajstić information content (AvgIpc) is 2.38. The molecule has 0 spiro atoms. The first-order chi connectivity index (χ1) is 9.38. The lowest BCUT2D eigenvalue weighted by molar-refractivity contribution is 0.219. The Labute approximate surface area is 120 Å². The van der Waals surface area contributed by atoms with Gasteiger partial charge in [-0.3, -0.25) is 0 Å². The molecular weight excluding hydrogens is 279 g/mol. The molecule has 0 aromatic heterocycles. The van der Waals surface area contributed by atoms with E-state index in [1.807, 2.05) is 13.0 Å². The highest BCUT2D eigenvalue weighted by Gasteiger charge is 2.30.